The molecule has 0 aromatic heterocycles. The molecule has 0 bridgehead atoms. The zero-order chi connectivity index (χ0) is 20.6. The van der Waals surface area contributed by atoms with E-state index in [1.165, 1.54) is 6.07 Å². The first-order chi connectivity index (χ1) is 14.0. The Kier molecular flexibility index (Phi) is 8.04. The van der Waals surface area contributed by atoms with Crippen LogP contribution in [0.15, 0.2) is 24.3 Å². The van der Waals surface area contributed by atoms with Crippen molar-refractivity contribution in [3.05, 3.63) is 35.6 Å². The van der Waals surface area contributed by atoms with Gasteiger partial charge in [0.1, 0.15) is 5.82 Å². The Morgan fingerprint density at radius 3 is 2.83 bits per heavy atom. The minimum Gasteiger partial charge on any atom is -0.343 e. The fourth-order valence-corrected chi connectivity index (χ4v) is 4.53. The first-order valence-corrected chi connectivity index (χ1v) is 11.1. The number of benzene rings is 1. The van der Waals surface area contributed by atoms with Crippen molar-refractivity contribution in [2.24, 2.45) is 5.92 Å². The van der Waals surface area contributed by atoms with Crippen molar-refractivity contribution in [2.45, 2.75) is 45.4 Å². The van der Waals surface area contributed by atoms with Crippen LogP contribution in [0.4, 0.5) is 4.39 Å². The largest absolute Gasteiger partial charge is 0.343 e. The van der Waals surface area contributed by atoms with Crippen molar-refractivity contribution in [1.82, 2.24) is 14.7 Å². The van der Waals surface area contributed by atoms with Crippen LogP contribution in [0.1, 0.15) is 44.6 Å². The Bertz CT molecular complexity index is 696. The Labute approximate surface area is 173 Å². The van der Waals surface area contributed by atoms with E-state index in [0.717, 1.165) is 64.0 Å². The molecule has 0 radical (unpaired) electrons. The van der Waals surface area contributed by atoms with Crippen LogP contribution in [0.5, 0.6) is 0 Å². The molecule has 1 aromatic carbocycles. The van der Waals surface area contributed by atoms with E-state index < -0.39 is 0 Å². The van der Waals surface area contributed by atoms with Gasteiger partial charge in [0.15, 0.2) is 0 Å². The van der Waals surface area contributed by atoms with Crippen LogP contribution in [0, 0.1) is 11.7 Å². The van der Waals surface area contributed by atoms with Crippen LogP contribution in [0.2, 0.25) is 0 Å². The van der Waals surface area contributed by atoms with Gasteiger partial charge in [0.2, 0.25) is 11.8 Å². The summed E-state index contributed by atoms with van der Waals surface area (Å²) in [5.74, 6) is 0.645. The van der Waals surface area contributed by atoms with E-state index in [1.807, 2.05) is 22.8 Å². The summed E-state index contributed by atoms with van der Waals surface area (Å²) in [6, 6.07) is 6.84. The van der Waals surface area contributed by atoms with Gasteiger partial charge in [0.05, 0.1) is 0 Å². The van der Waals surface area contributed by atoms with Crippen LogP contribution >= 0.6 is 0 Å². The highest BCUT2D eigenvalue weighted by Gasteiger charge is 2.25. The SMILES string of the molecule is CCN(C[C@H]1CCCN(CCc2cccc(F)c2)C1)C(=O)CCN1CCCC1=O. The molecule has 2 amide bonds. The highest BCUT2D eigenvalue weighted by Crippen LogP contribution is 2.19. The molecule has 0 saturated carbocycles. The minimum atomic E-state index is -0.174. The lowest BCUT2D eigenvalue weighted by Gasteiger charge is -2.35. The summed E-state index contributed by atoms with van der Waals surface area (Å²) in [6.07, 6.45) is 5.10. The fourth-order valence-electron chi connectivity index (χ4n) is 4.53. The molecule has 0 unspecified atom stereocenters. The highest BCUT2D eigenvalue weighted by atomic mass is 19.1. The third kappa shape index (κ3) is 6.53. The van der Waals surface area contributed by atoms with Crippen molar-refractivity contribution in [3.8, 4) is 0 Å². The number of carbonyl (C=O) groups excluding carboxylic acids is 2. The second-order valence-corrected chi connectivity index (χ2v) is 8.36. The molecule has 2 heterocycles. The van der Waals surface area contributed by atoms with E-state index in [9.17, 15) is 14.0 Å². The number of hydrogen-bond donors (Lipinski definition) is 0. The van der Waals surface area contributed by atoms with E-state index in [2.05, 4.69) is 4.90 Å². The van der Waals surface area contributed by atoms with Gasteiger partial charge in [-0.2, -0.15) is 0 Å². The van der Waals surface area contributed by atoms with Gasteiger partial charge in [-0.1, -0.05) is 12.1 Å². The zero-order valence-corrected chi connectivity index (χ0v) is 17.6. The third-order valence-electron chi connectivity index (χ3n) is 6.19. The van der Waals surface area contributed by atoms with Crippen LogP contribution in [-0.2, 0) is 16.0 Å². The zero-order valence-electron chi connectivity index (χ0n) is 17.6. The molecule has 6 heteroatoms. The van der Waals surface area contributed by atoms with Gasteiger partial charge in [-0.25, -0.2) is 4.39 Å². The smallest absolute Gasteiger partial charge is 0.224 e. The first-order valence-electron chi connectivity index (χ1n) is 11.1. The maximum absolute atomic E-state index is 13.4. The number of rotatable bonds is 9. The predicted molar refractivity (Wildman–Crippen MR) is 112 cm³/mol. The maximum Gasteiger partial charge on any atom is 0.224 e. The molecule has 0 aliphatic carbocycles. The van der Waals surface area contributed by atoms with Gasteiger partial charge in [0, 0.05) is 52.1 Å². The summed E-state index contributed by atoms with van der Waals surface area (Å²) in [6.45, 7) is 7.87. The molecular weight excluding hydrogens is 369 g/mol. The summed E-state index contributed by atoms with van der Waals surface area (Å²) >= 11 is 0. The highest BCUT2D eigenvalue weighted by molar-refractivity contribution is 5.80. The third-order valence-corrected chi connectivity index (χ3v) is 6.19. The van der Waals surface area contributed by atoms with Crippen LogP contribution in [0.3, 0.4) is 0 Å². The fraction of sp³-hybridized carbons (Fsp3) is 0.652. The summed E-state index contributed by atoms with van der Waals surface area (Å²) in [7, 11) is 0. The standard InChI is InChI=1S/C23H34FN3O2/c1-2-26(23(29)11-15-27-13-5-9-22(27)28)18-20-7-4-12-25(17-20)14-10-19-6-3-8-21(24)16-19/h3,6,8,16,20H,2,4-5,7,9-15,17-18H2,1H3/t20-/m0/s1. The Morgan fingerprint density at radius 1 is 1.24 bits per heavy atom. The minimum absolute atomic E-state index is 0.157. The average molecular weight is 404 g/mol. The Morgan fingerprint density at radius 2 is 2.10 bits per heavy atom. The topological polar surface area (TPSA) is 43.9 Å². The monoisotopic (exact) mass is 403 g/mol. The van der Waals surface area contributed by atoms with Crippen molar-refractivity contribution >= 4 is 11.8 Å². The molecule has 1 atom stereocenters. The molecule has 1 aromatic rings. The lowest BCUT2D eigenvalue weighted by Crippen LogP contribution is -2.44. The summed E-state index contributed by atoms with van der Waals surface area (Å²) in [5.41, 5.74) is 1.04. The van der Waals surface area contributed by atoms with Crippen molar-refractivity contribution in [1.29, 1.82) is 0 Å². The van der Waals surface area contributed by atoms with Gasteiger partial charge in [0.25, 0.3) is 0 Å². The lowest BCUT2D eigenvalue weighted by molar-refractivity contribution is -0.133. The summed E-state index contributed by atoms with van der Waals surface area (Å²) < 4.78 is 13.4. The quantitative estimate of drug-likeness (QED) is 0.637. The van der Waals surface area contributed by atoms with Crippen LogP contribution in [0.25, 0.3) is 0 Å². The molecule has 2 fully saturated rings. The molecular formula is C23H34FN3O2. The number of likely N-dealkylation sites (tertiary alicyclic amines) is 2. The van der Waals surface area contributed by atoms with E-state index >= 15 is 0 Å². The summed E-state index contributed by atoms with van der Waals surface area (Å²) in [5, 5.41) is 0. The second kappa shape index (κ2) is 10.7. The summed E-state index contributed by atoms with van der Waals surface area (Å²) in [4.78, 5) is 30.6. The Hall–Kier alpha value is -1.95. The average Bonchev–Trinajstić information content (AvgIpc) is 3.14. The van der Waals surface area contributed by atoms with Crippen molar-refractivity contribution in [3.63, 3.8) is 0 Å². The lowest BCUT2D eigenvalue weighted by atomic mass is 9.96. The van der Waals surface area contributed by atoms with Gasteiger partial charge in [-0.05, 0) is 62.8 Å². The molecule has 5 nitrogen and oxygen atoms in total. The molecule has 3 rings (SSSR count). The molecule has 0 spiro atoms. The van der Waals surface area contributed by atoms with E-state index in [4.69, 9.17) is 0 Å². The molecule has 29 heavy (non-hydrogen) atoms. The van der Waals surface area contributed by atoms with Gasteiger partial charge >= 0.3 is 0 Å². The molecule has 160 valence electrons. The second-order valence-electron chi connectivity index (χ2n) is 8.36. The molecule has 0 N–H and O–H groups in total. The van der Waals surface area contributed by atoms with E-state index in [1.54, 1.807) is 12.1 Å². The number of nitrogens with zero attached hydrogens (tertiary/aromatic N) is 3. The molecule has 2 aliphatic heterocycles. The van der Waals surface area contributed by atoms with Gasteiger partial charge < -0.3 is 14.7 Å². The number of halogens is 1. The first kappa shape index (κ1) is 21.8. The van der Waals surface area contributed by atoms with E-state index in [-0.39, 0.29) is 17.6 Å². The number of hydrogen-bond acceptors (Lipinski definition) is 3. The van der Waals surface area contributed by atoms with Gasteiger partial charge in [-0.3, -0.25) is 9.59 Å². The van der Waals surface area contributed by atoms with Crippen molar-refractivity contribution < 1.29 is 14.0 Å². The van der Waals surface area contributed by atoms with Crippen LogP contribution < -0.4 is 0 Å². The molecule has 2 saturated heterocycles. The van der Waals surface area contributed by atoms with E-state index in [0.29, 0.717) is 31.8 Å². The predicted octanol–water partition coefficient (Wildman–Crippen LogP) is 2.94. The van der Waals surface area contributed by atoms with Crippen molar-refractivity contribution in [2.75, 3.05) is 45.8 Å². The number of carbonyl (C=O) groups is 2. The molecule has 2 aliphatic rings. The number of amides is 2. The van der Waals surface area contributed by atoms with Crippen LogP contribution in [-0.4, -0.2) is 72.3 Å². The normalized spacial score (nSPS) is 20.3. The number of piperidine rings is 1. The maximum atomic E-state index is 13.4. The van der Waals surface area contributed by atoms with Gasteiger partial charge in [-0.15, -0.1) is 0 Å². The Balaban J connectivity index is 1.43.